The molecule has 9 heteroatoms. The summed E-state index contributed by atoms with van der Waals surface area (Å²) >= 11 is 0. The lowest BCUT2D eigenvalue weighted by molar-refractivity contribution is 0.122. The van der Waals surface area contributed by atoms with E-state index in [9.17, 15) is 5.11 Å². The van der Waals surface area contributed by atoms with Crippen molar-refractivity contribution in [2.75, 3.05) is 37.8 Å². The number of dihydropyridines is 1. The van der Waals surface area contributed by atoms with Gasteiger partial charge in [0.25, 0.3) is 0 Å². The van der Waals surface area contributed by atoms with Crippen LogP contribution in [0.5, 0.6) is 6.01 Å². The number of benzene rings is 1. The summed E-state index contributed by atoms with van der Waals surface area (Å²) in [6.45, 7) is 5.41. The highest BCUT2D eigenvalue weighted by Gasteiger charge is 2.17. The third-order valence-electron chi connectivity index (χ3n) is 6.08. The second-order valence-electron chi connectivity index (χ2n) is 8.71. The van der Waals surface area contributed by atoms with Crippen LogP contribution in [-0.4, -0.2) is 70.0 Å². The van der Waals surface area contributed by atoms with Gasteiger partial charge < -0.3 is 19.5 Å². The van der Waals surface area contributed by atoms with Crippen LogP contribution in [0.3, 0.4) is 0 Å². The molecule has 2 aromatic heterocycles. The van der Waals surface area contributed by atoms with E-state index in [0.29, 0.717) is 37.7 Å². The van der Waals surface area contributed by atoms with Crippen LogP contribution in [-0.2, 0) is 11.3 Å². The summed E-state index contributed by atoms with van der Waals surface area (Å²) in [6.07, 6.45) is 7.74. The molecule has 3 aromatic rings. The predicted octanol–water partition coefficient (Wildman–Crippen LogP) is 3.22. The van der Waals surface area contributed by atoms with Crippen molar-refractivity contribution >= 4 is 12.0 Å². The van der Waals surface area contributed by atoms with Crippen LogP contribution < -0.4 is 9.64 Å². The van der Waals surface area contributed by atoms with Crippen LogP contribution in [0, 0.1) is 0 Å². The molecule has 5 rings (SSSR count). The number of aliphatic hydroxyl groups is 1. The second-order valence-corrected chi connectivity index (χ2v) is 8.71. The molecule has 1 unspecified atom stereocenters. The van der Waals surface area contributed by atoms with Crippen molar-refractivity contribution in [3.63, 3.8) is 0 Å². The fourth-order valence-electron chi connectivity index (χ4n) is 4.06. The van der Waals surface area contributed by atoms with Crippen molar-refractivity contribution in [3.05, 3.63) is 59.8 Å². The monoisotopic (exact) mass is 474 g/mol. The summed E-state index contributed by atoms with van der Waals surface area (Å²) in [5.41, 5.74) is 3.75. The Morgan fingerprint density at radius 2 is 1.97 bits per heavy atom. The van der Waals surface area contributed by atoms with E-state index in [0.717, 1.165) is 48.6 Å². The molecule has 0 saturated carbocycles. The van der Waals surface area contributed by atoms with E-state index in [-0.39, 0.29) is 6.61 Å². The number of morpholine rings is 1. The maximum Gasteiger partial charge on any atom is 0.320 e. The lowest BCUT2D eigenvalue weighted by atomic mass is 10.1. The first-order valence-corrected chi connectivity index (χ1v) is 12.0. The first-order chi connectivity index (χ1) is 17.2. The van der Waals surface area contributed by atoms with E-state index >= 15 is 0 Å². The van der Waals surface area contributed by atoms with Crippen LogP contribution in [0.15, 0.2) is 59.2 Å². The molecule has 1 fully saturated rings. The van der Waals surface area contributed by atoms with Gasteiger partial charge in [0, 0.05) is 43.6 Å². The summed E-state index contributed by atoms with van der Waals surface area (Å²) < 4.78 is 13.2. The maximum atomic E-state index is 9.46. The standard InChI is InChI=1S/C26H30N6O3/c1-19-5-6-20(17-27-19)8-12-35-26-28-24(31-10-13-34-14-11-31)16-25(29-26)32-9-7-23(30-32)22-4-2-3-21(15-22)18-33/h2-4,6-7,9,15-17,19,33H,5,8,10-14,18H2,1H3. The van der Waals surface area contributed by atoms with E-state index in [2.05, 4.69) is 32.9 Å². The normalized spacial score (nSPS) is 17.9. The van der Waals surface area contributed by atoms with Crippen molar-refractivity contribution in [2.24, 2.45) is 4.99 Å². The topological polar surface area (TPSA) is 97.9 Å². The molecule has 35 heavy (non-hydrogen) atoms. The Hall–Kier alpha value is -3.56. The molecule has 1 saturated heterocycles. The largest absolute Gasteiger partial charge is 0.463 e. The molecule has 1 aromatic carbocycles. The van der Waals surface area contributed by atoms with Gasteiger partial charge in [-0.25, -0.2) is 4.68 Å². The fraction of sp³-hybridized carbons (Fsp3) is 0.385. The van der Waals surface area contributed by atoms with Gasteiger partial charge >= 0.3 is 6.01 Å². The fourth-order valence-corrected chi connectivity index (χ4v) is 4.06. The molecule has 1 atom stereocenters. The van der Waals surface area contributed by atoms with Gasteiger partial charge in [-0.1, -0.05) is 24.3 Å². The molecule has 182 valence electrons. The Labute approximate surface area is 204 Å². The highest BCUT2D eigenvalue weighted by atomic mass is 16.5. The van der Waals surface area contributed by atoms with Crippen molar-refractivity contribution in [1.29, 1.82) is 0 Å². The highest BCUT2D eigenvalue weighted by molar-refractivity contribution is 5.79. The van der Waals surface area contributed by atoms with E-state index in [1.165, 1.54) is 5.57 Å². The zero-order valence-corrected chi connectivity index (χ0v) is 19.9. The molecular weight excluding hydrogens is 444 g/mol. The summed E-state index contributed by atoms with van der Waals surface area (Å²) in [7, 11) is 0. The minimum atomic E-state index is -0.00809. The lowest BCUT2D eigenvalue weighted by Gasteiger charge is -2.28. The molecule has 2 aliphatic heterocycles. The number of aliphatic imine (C=N–C) groups is 1. The molecule has 0 aliphatic carbocycles. The molecule has 4 heterocycles. The van der Waals surface area contributed by atoms with Gasteiger partial charge in [0.1, 0.15) is 5.82 Å². The molecule has 0 radical (unpaired) electrons. The maximum absolute atomic E-state index is 9.46. The summed E-state index contributed by atoms with van der Waals surface area (Å²) in [6, 6.07) is 12.2. The Morgan fingerprint density at radius 3 is 2.77 bits per heavy atom. The Bertz CT molecular complexity index is 1220. The first-order valence-electron chi connectivity index (χ1n) is 12.0. The zero-order chi connectivity index (χ0) is 24.0. The number of hydrogen-bond acceptors (Lipinski definition) is 8. The SMILES string of the molecule is CC1CC=C(CCOc2nc(N3CCOCC3)cc(-n3ccc(-c4cccc(CO)c4)n3)n2)C=N1. The van der Waals surface area contributed by atoms with Crippen molar-refractivity contribution in [2.45, 2.75) is 32.4 Å². The van der Waals surface area contributed by atoms with Crippen molar-refractivity contribution in [3.8, 4) is 23.1 Å². The second kappa shape index (κ2) is 10.8. The third kappa shape index (κ3) is 5.75. The highest BCUT2D eigenvalue weighted by Crippen LogP contribution is 2.23. The number of aromatic nitrogens is 4. The van der Waals surface area contributed by atoms with Gasteiger partial charge in [-0.2, -0.15) is 15.1 Å². The van der Waals surface area contributed by atoms with Crippen molar-refractivity contribution < 1.29 is 14.6 Å². The molecular formula is C26H30N6O3. The summed E-state index contributed by atoms with van der Waals surface area (Å²) in [5, 5.41) is 14.2. The zero-order valence-electron chi connectivity index (χ0n) is 19.9. The van der Waals surface area contributed by atoms with Crippen LogP contribution in [0.1, 0.15) is 25.3 Å². The Balaban J connectivity index is 1.38. The predicted molar refractivity (Wildman–Crippen MR) is 134 cm³/mol. The van der Waals surface area contributed by atoms with Crippen molar-refractivity contribution in [1.82, 2.24) is 19.7 Å². The number of ether oxygens (including phenoxy) is 2. The van der Waals surface area contributed by atoms with Crippen LogP contribution >= 0.6 is 0 Å². The van der Waals surface area contributed by atoms with E-state index in [4.69, 9.17) is 14.6 Å². The van der Waals surface area contributed by atoms with Gasteiger partial charge in [0.2, 0.25) is 0 Å². The number of rotatable bonds is 8. The average molecular weight is 475 g/mol. The number of aliphatic hydroxyl groups excluding tert-OH is 1. The number of anilines is 1. The summed E-state index contributed by atoms with van der Waals surface area (Å²) in [5.74, 6) is 1.42. The smallest absolute Gasteiger partial charge is 0.320 e. The van der Waals surface area contributed by atoms with E-state index in [1.54, 1.807) is 4.68 Å². The summed E-state index contributed by atoms with van der Waals surface area (Å²) in [4.78, 5) is 16.0. The molecule has 0 bridgehead atoms. The van der Waals surface area contributed by atoms with E-state index in [1.807, 2.05) is 48.8 Å². The Kier molecular flexibility index (Phi) is 7.15. The van der Waals surface area contributed by atoms with Gasteiger partial charge in [0.05, 0.1) is 38.2 Å². The van der Waals surface area contributed by atoms with Gasteiger partial charge in [0.15, 0.2) is 5.82 Å². The molecule has 9 nitrogen and oxygen atoms in total. The van der Waals surface area contributed by atoms with E-state index < -0.39 is 0 Å². The third-order valence-corrected chi connectivity index (χ3v) is 6.08. The molecule has 1 N–H and O–H groups in total. The Morgan fingerprint density at radius 1 is 1.11 bits per heavy atom. The minimum Gasteiger partial charge on any atom is -0.463 e. The van der Waals surface area contributed by atoms with Gasteiger partial charge in [-0.3, -0.25) is 4.99 Å². The molecule has 2 aliphatic rings. The minimum absolute atomic E-state index is 0.00809. The molecule has 0 amide bonds. The van der Waals surface area contributed by atoms with Gasteiger partial charge in [-0.15, -0.1) is 0 Å². The number of nitrogens with zero attached hydrogens (tertiary/aromatic N) is 6. The number of hydrogen-bond donors (Lipinski definition) is 1. The first kappa shape index (κ1) is 23.2. The van der Waals surface area contributed by atoms with Gasteiger partial charge in [-0.05, 0) is 36.6 Å². The molecule has 0 spiro atoms. The average Bonchev–Trinajstić information content (AvgIpc) is 3.41. The van der Waals surface area contributed by atoms with Crippen LogP contribution in [0.25, 0.3) is 17.1 Å². The van der Waals surface area contributed by atoms with Crippen LogP contribution in [0.2, 0.25) is 0 Å². The quantitative estimate of drug-likeness (QED) is 0.535. The van der Waals surface area contributed by atoms with Crippen LogP contribution in [0.4, 0.5) is 5.82 Å². The lowest BCUT2D eigenvalue weighted by Crippen LogP contribution is -2.37.